The normalized spacial score (nSPS) is 10.8. The first-order valence-corrected chi connectivity index (χ1v) is 7.20. The monoisotopic (exact) mass is 323 g/mol. The number of nitrogens with one attached hydrogen (secondary N) is 1. The first-order valence-electron chi connectivity index (χ1n) is 6.00. The zero-order valence-electron chi connectivity index (χ0n) is 10.5. The minimum atomic E-state index is -0.564. The van der Waals surface area contributed by atoms with Crippen molar-refractivity contribution in [3.8, 4) is 0 Å². The van der Waals surface area contributed by atoms with E-state index in [0.717, 1.165) is 11.3 Å². The Morgan fingerprint density at radius 1 is 1.05 bits per heavy atom. The van der Waals surface area contributed by atoms with Gasteiger partial charge in [-0.05, 0) is 24.3 Å². The van der Waals surface area contributed by atoms with Crippen LogP contribution in [0, 0.1) is 11.6 Å². The second-order valence-corrected chi connectivity index (χ2v) is 5.72. The standard InChI is InChI=1S/C15H8ClF2NOS/c16-13-12-9(18)5-3-7-11(12)21-14(13)15(20)19-10-6-2-1-4-8(10)17/h1-7H,(H,19,20). The Kier molecular flexibility index (Phi) is 3.61. The van der Waals surface area contributed by atoms with Gasteiger partial charge in [0.05, 0.1) is 10.7 Å². The molecule has 0 unspecified atom stereocenters. The molecule has 6 heteroatoms. The summed E-state index contributed by atoms with van der Waals surface area (Å²) in [6, 6.07) is 10.3. The van der Waals surface area contributed by atoms with Crippen LogP contribution < -0.4 is 5.32 Å². The molecule has 1 heterocycles. The molecule has 0 bridgehead atoms. The fraction of sp³-hybridized carbons (Fsp3) is 0. The topological polar surface area (TPSA) is 29.1 Å². The highest BCUT2D eigenvalue weighted by Crippen LogP contribution is 2.37. The van der Waals surface area contributed by atoms with E-state index < -0.39 is 17.5 Å². The third-order valence-corrected chi connectivity index (χ3v) is 4.58. The molecule has 1 amide bonds. The predicted octanol–water partition coefficient (Wildman–Crippen LogP) is 5.09. The number of halogens is 3. The maximum absolute atomic E-state index is 13.7. The van der Waals surface area contributed by atoms with Gasteiger partial charge in [-0.1, -0.05) is 29.8 Å². The maximum atomic E-state index is 13.7. The van der Waals surface area contributed by atoms with Crippen molar-refractivity contribution in [2.24, 2.45) is 0 Å². The van der Waals surface area contributed by atoms with Crippen LogP contribution in [-0.2, 0) is 0 Å². The van der Waals surface area contributed by atoms with Gasteiger partial charge >= 0.3 is 0 Å². The van der Waals surface area contributed by atoms with Crippen LogP contribution >= 0.6 is 22.9 Å². The second kappa shape index (κ2) is 5.42. The molecule has 3 rings (SSSR count). The molecule has 3 aromatic rings. The van der Waals surface area contributed by atoms with Gasteiger partial charge in [-0.2, -0.15) is 0 Å². The van der Waals surface area contributed by atoms with Crippen LogP contribution in [0.4, 0.5) is 14.5 Å². The van der Waals surface area contributed by atoms with Gasteiger partial charge in [-0.15, -0.1) is 11.3 Å². The molecule has 0 aliphatic heterocycles. The van der Waals surface area contributed by atoms with Crippen LogP contribution in [0.15, 0.2) is 42.5 Å². The predicted molar refractivity (Wildman–Crippen MR) is 81.1 cm³/mol. The van der Waals surface area contributed by atoms with Gasteiger partial charge in [0.15, 0.2) is 0 Å². The van der Waals surface area contributed by atoms with E-state index in [0.29, 0.717) is 4.70 Å². The molecule has 2 aromatic carbocycles. The van der Waals surface area contributed by atoms with Crippen molar-refractivity contribution >= 4 is 44.6 Å². The summed E-state index contributed by atoms with van der Waals surface area (Å²) in [5, 5.41) is 2.69. The summed E-state index contributed by atoms with van der Waals surface area (Å²) in [6.07, 6.45) is 0. The third kappa shape index (κ3) is 2.50. The Morgan fingerprint density at radius 2 is 1.76 bits per heavy atom. The summed E-state index contributed by atoms with van der Waals surface area (Å²) in [7, 11) is 0. The van der Waals surface area contributed by atoms with E-state index in [-0.39, 0.29) is 21.0 Å². The van der Waals surface area contributed by atoms with Crippen molar-refractivity contribution in [3.05, 3.63) is 64.0 Å². The Morgan fingerprint density at radius 3 is 2.48 bits per heavy atom. The van der Waals surface area contributed by atoms with Crippen LogP contribution in [0.5, 0.6) is 0 Å². The Labute approximate surface area is 128 Å². The molecule has 21 heavy (non-hydrogen) atoms. The minimum absolute atomic E-state index is 0.0435. The number of thiophene rings is 1. The van der Waals surface area contributed by atoms with Gasteiger partial charge in [0.2, 0.25) is 0 Å². The number of rotatable bonds is 2. The number of benzene rings is 2. The van der Waals surface area contributed by atoms with Gasteiger partial charge in [0.25, 0.3) is 5.91 Å². The minimum Gasteiger partial charge on any atom is -0.319 e. The van der Waals surface area contributed by atoms with E-state index in [1.165, 1.54) is 24.3 Å². The van der Waals surface area contributed by atoms with Gasteiger partial charge in [0.1, 0.15) is 16.5 Å². The van der Waals surface area contributed by atoms with Gasteiger partial charge in [-0.3, -0.25) is 4.79 Å². The Balaban J connectivity index is 2.01. The number of carbonyl (C=O) groups excluding carboxylic acids is 1. The summed E-state index contributed by atoms with van der Waals surface area (Å²) in [5.41, 5.74) is 0.0523. The number of hydrogen-bond donors (Lipinski definition) is 1. The van der Waals surface area contributed by atoms with Crippen molar-refractivity contribution in [1.29, 1.82) is 0 Å². The molecule has 1 N–H and O–H groups in total. The van der Waals surface area contributed by atoms with E-state index in [2.05, 4.69) is 5.32 Å². The van der Waals surface area contributed by atoms with E-state index >= 15 is 0 Å². The third-order valence-electron chi connectivity index (χ3n) is 2.93. The van der Waals surface area contributed by atoms with Crippen LogP contribution in [0.1, 0.15) is 9.67 Å². The van der Waals surface area contributed by atoms with Crippen molar-refractivity contribution in [2.45, 2.75) is 0 Å². The van der Waals surface area contributed by atoms with Crippen LogP contribution in [0.2, 0.25) is 5.02 Å². The molecule has 0 spiro atoms. The molecule has 1 aromatic heterocycles. The highest BCUT2D eigenvalue weighted by molar-refractivity contribution is 7.21. The number of carbonyl (C=O) groups is 1. The Bertz CT molecular complexity index is 847. The van der Waals surface area contributed by atoms with Crippen LogP contribution in [0.3, 0.4) is 0 Å². The summed E-state index contributed by atoms with van der Waals surface area (Å²) < 4.78 is 27.8. The Hall–Kier alpha value is -1.98. The van der Waals surface area contributed by atoms with Crippen LogP contribution in [-0.4, -0.2) is 5.91 Å². The van der Waals surface area contributed by atoms with E-state index in [4.69, 9.17) is 11.6 Å². The molecule has 2 nitrogen and oxygen atoms in total. The molecular weight excluding hydrogens is 316 g/mol. The van der Waals surface area contributed by atoms with Gasteiger partial charge in [0, 0.05) is 10.1 Å². The molecule has 0 radical (unpaired) electrons. The van der Waals surface area contributed by atoms with Crippen molar-refractivity contribution in [1.82, 2.24) is 0 Å². The molecule has 0 atom stereocenters. The van der Waals surface area contributed by atoms with Crippen molar-refractivity contribution in [2.75, 3.05) is 5.32 Å². The highest BCUT2D eigenvalue weighted by atomic mass is 35.5. The zero-order valence-corrected chi connectivity index (χ0v) is 12.1. The zero-order chi connectivity index (χ0) is 15.0. The quantitative estimate of drug-likeness (QED) is 0.699. The van der Waals surface area contributed by atoms with Crippen LogP contribution in [0.25, 0.3) is 10.1 Å². The number of fused-ring (bicyclic) bond motifs is 1. The van der Waals surface area contributed by atoms with Crippen molar-refractivity contribution in [3.63, 3.8) is 0 Å². The molecule has 0 aliphatic carbocycles. The summed E-state index contributed by atoms with van der Waals surface area (Å²) in [6.45, 7) is 0. The molecule has 0 aliphatic rings. The van der Waals surface area contributed by atoms with E-state index in [9.17, 15) is 13.6 Å². The van der Waals surface area contributed by atoms with Crippen molar-refractivity contribution < 1.29 is 13.6 Å². The lowest BCUT2D eigenvalue weighted by atomic mass is 10.2. The lowest BCUT2D eigenvalue weighted by Gasteiger charge is -2.04. The molecule has 0 saturated heterocycles. The fourth-order valence-electron chi connectivity index (χ4n) is 1.96. The summed E-state index contributed by atoms with van der Waals surface area (Å²) in [5.74, 6) is -1.60. The largest absolute Gasteiger partial charge is 0.319 e. The lowest BCUT2D eigenvalue weighted by Crippen LogP contribution is -2.11. The number of para-hydroxylation sites is 1. The number of anilines is 1. The lowest BCUT2D eigenvalue weighted by molar-refractivity contribution is 0.103. The second-order valence-electron chi connectivity index (χ2n) is 4.29. The maximum Gasteiger partial charge on any atom is 0.267 e. The number of hydrogen-bond acceptors (Lipinski definition) is 2. The summed E-state index contributed by atoms with van der Waals surface area (Å²) >= 11 is 7.14. The smallest absolute Gasteiger partial charge is 0.267 e. The highest BCUT2D eigenvalue weighted by Gasteiger charge is 2.20. The fourth-order valence-corrected chi connectivity index (χ4v) is 3.41. The first kappa shape index (κ1) is 14.0. The van der Waals surface area contributed by atoms with Gasteiger partial charge < -0.3 is 5.32 Å². The average Bonchev–Trinajstić information content (AvgIpc) is 2.80. The van der Waals surface area contributed by atoms with Gasteiger partial charge in [-0.25, -0.2) is 8.78 Å². The molecule has 106 valence electrons. The van der Waals surface area contributed by atoms with E-state index in [1.807, 2.05) is 0 Å². The SMILES string of the molecule is O=C(Nc1ccccc1F)c1sc2cccc(F)c2c1Cl. The molecular formula is C15H8ClF2NOS. The first-order chi connectivity index (χ1) is 10.1. The summed E-state index contributed by atoms with van der Waals surface area (Å²) in [4.78, 5) is 12.3. The average molecular weight is 324 g/mol. The molecule has 0 fully saturated rings. The van der Waals surface area contributed by atoms with E-state index in [1.54, 1.807) is 18.2 Å². The number of amides is 1. The molecule has 0 saturated carbocycles.